The van der Waals surface area contributed by atoms with E-state index < -0.39 is 0 Å². The van der Waals surface area contributed by atoms with Gasteiger partial charge in [0.2, 0.25) is 0 Å². The molecule has 0 spiro atoms. The van der Waals surface area contributed by atoms with Crippen LogP contribution in [0.5, 0.6) is 0 Å². The Hall–Kier alpha value is -1.82. The zero-order chi connectivity index (χ0) is 13.0. The third kappa shape index (κ3) is 2.70. The molecule has 2 rings (SSSR count). The SMILES string of the molecule is CCCn1ncc(NCc2cnc[nH]2)c(Cl)c1=O. The first-order valence-corrected chi connectivity index (χ1v) is 6.07. The van der Waals surface area contributed by atoms with Gasteiger partial charge in [0.15, 0.2) is 0 Å². The summed E-state index contributed by atoms with van der Waals surface area (Å²) in [7, 11) is 0. The minimum atomic E-state index is -0.270. The molecular weight excluding hydrogens is 254 g/mol. The molecule has 0 fully saturated rings. The van der Waals surface area contributed by atoms with Crippen molar-refractivity contribution in [2.24, 2.45) is 0 Å². The summed E-state index contributed by atoms with van der Waals surface area (Å²) >= 11 is 6.01. The molecule has 96 valence electrons. The van der Waals surface area contributed by atoms with Crippen molar-refractivity contribution < 1.29 is 0 Å². The van der Waals surface area contributed by atoms with Crippen LogP contribution in [0.4, 0.5) is 5.69 Å². The summed E-state index contributed by atoms with van der Waals surface area (Å²) in [4.78, 5) is 18.7. The van der Waals surface area contributed by atoms with Crippen LogP contribution in [0.25, 0.3) is 0 Å². The maximum absolute atomic E-state index is 11.8. The Kier molecular flexibility index (Phi) is 3.99. The van der Waals surface area contributed by atoms with Crippen LogP contribution in [-0.2, 0) is 13.1 Å². The molecular formula is C11H14ClN5O. The molecule has 0 saturated carbocycles. The average Bonchev–Trinajstić information content (AvgIpc) is 2.87. The van der Waals surface area contributed by atoms with E-state index in [1.807, 2.05) is 6.92 Å². The quantitative estimate of drug-likeness (QED) is 0.864. The van der Waals surface area contributed by atoms with E-state index in [1.165, 1.54) is 4.68 Å². The summed E-state index contributed by atoms with van der Waals surface area (Å²) in [5.41, 5.74) is 1.17. The van der Waals surface area contributed by atoms with Gasteiger partial charge in [-0.15, -0.1) is 0 Å². The highest BCUT2D eigenvalue weighted by molar-refractivity contribution is 6.32. The van der Waals surface area contributed by atoms with Gasteiger partial charge >= 0.3 is 0 Å². The summed E-state index contributed by atoms with van der Waals surface area (Å²) in [6.45, 7) is 3.06. The van der Waals surface area contributed by atoms with E-state index in [-0.39, 0.29) is 10.6 Å². The van der Waals surface area contributed by atoms with Gasteiger partial charge in [-0.1, -0.05) is 18.5 Å². The van der Waals surface area contributed by atoms with Crippen LogP contribution in [0.3, 0.4) is 0 Å². The number of imidazole rings is 1. The first-order chi connectivity index (χ1) is 8.72. The van der Waals surface area contributed by atoms with Crippen molar-refractivity contribution in [2.75, 3.05) is 5.32 Å². The van der Waals surface area contributed by atoms with Crippen molar-refractivity contribution in [3.8, 4) is 0 Å². The molecule has 2 N–H and O–H groups in total. The number of hydrogen-bond donors (Lipinski definition) is 2. The third-order valence-corrected chi connectivity index (χ3v) is 2.81. The fraction of sp³-hybridized carbons (Fsp3) is 0.364. The van der Waals surface area contributed by atoms with E-state index in [2.05, 4.69) is 20.4 Å². The van der Waals surface area contributed by atoms with Gasteiger partial charge in [0, 0.05) is 12.7 Å². The highest BCUT2D eigenvalue weighted by Gasteiger charge is 2.08. The van der Waals surface area contributed by atoms with Crippen LogP contribution in [0.1, 0.15) is 19.0 Å². The van der Waals surface area contributed by atoms with E-state index in [4.69, 9.17) is 11.6 Å². The monoisotopic (exact) mass is 267 g/mol. The number of aromatic amines is 1. The maximum Gasteiger partial charge on any atom is 0.287 e. The van der Waals surface area contributed by atoms with Gasteiger partial charge < -0.3 is 10.3 Å². The molecule has 0 amide bonds. The van der Waals surface area contributed by atoms with E-state index in [1.54, 1.807) is 18.7 Å². The van der Waals surface area contributed by atoms with Crippen molar-refractivity contribution in [1.82, 2.24) is 19.7 Å². The van der Waals surface area contributed by atoms with Gasteiger partial charge in [-0.3, -0.25) is 4.79 Å². The van der Waals surface area contributed by atoms with Crippen molar-refractivity contribution >= 4 is 17.3 Å². The normalized spacial score (nSPS) is 10.6. The molecule has 6 nitrogen and oxygen atoms in total. The number of H-pyrrole nitrogens is 1. The summed E-state index contributed by atoms with van der Waals surface area (Å²) < 4.78 is 1.36. The second kappa shape index (κ2) is 5.68. The molecule has 0 bridgehead atoms. The van der Waals surface area contributed by atoms with E-state index in [0.29, 0.717) is 18.8 Å². The van der Waals surface area contributed by atoms with Crippen LogP contribution in [-0.4, -0.2) is 19.7 Å². The lowest BCUT2D eigenvalue weighted by atomic mass is 10.4. The lowest BCUT2D eigenvalue weighted by molar-refractivity contribution is 0.568. The molecule has 0 unspecified atom stereocenters. The smallest absolute Gasteiger partial charge is 0.287 e. The Morgan fingerprint density at radius 1 is 1.50 bits per heavy atom. The molecule has 2 heterocycles. The molecule has 0 atom stereocenters. The first-order valence-electron chi connectivity index (χ1n) is 5.69. The van der Waals surface area contributed by atoms with Gasteiger partial charge in [-0.05, 0) is 6.42 Å². The molecule has 7 heteroatoms. The number of nitrogens with zero attached hydrogens (tertiary/aromatic N) is 3. The summed E-state index contributed by atoms with van der Waals surface area (Å²) in [6, 6.07) is 0. The van der Waals surface area contributed by atoms with Gasteiger partial charge in [-0.25, -0.2) is 9.67 Å². The second-order valence-electron chi connectivity index (χ2n) is 3.83. The van der Waals surface area contributed by atoms with E-state index in [9.17, 15) is 4.79 Å². The number of aryl methyl sites for hydroxylation is 1. The molecule has 18 heavy (non-hydrogen) atoms. The fourth-order valence-electron chi connectivity index (χ4n) is 1.53. The Labute approximate surface area is 109 Å². The highest BCUT2D eigenvalue weighted by atomic mass is 35.5. The largest absolute Gasteiger partial charge is 0.377 e. The maximum atomic E-state index is 11.8. The van der Waals surface area contributed by atoms with E-state index >= 15 is 0 Å². The summed E-state index contributed by atoms with van der Waals surface area (Å²) in [5.74, 6) is 0. The minimum absolute atomic E-state index is 0.165. The predicted molar refractivity (Wildman–Crippen MR) is 69.7 cm³/mol. The molecule has 2 aromatic heterocycles. The van der Waals surface area contributed by atoms with Gasteiger partial charge in [-0.2, -0.15) is 5.10 Å². The van der Waals surface area contributed by atoms with Crippen LogP contribution in [0.2, 0.25) is 5.02 Å². The van der Waals surface area contributed by atoms with Crippen LogP contribution in [0.15, 0.2) is 23.5 Å². The fourth-order valence-corrected chi connectivity index (χ4v) is 1.74. The summed E-state index contributed by atoms with van der Waals surface area (Å²) in [5, 5.41) is 7.27. The number of nitrogens with one attached hydrogen (secondary N) is 2. The Balaban J connectivity index is 2.14. The Morgan fingerprint density at radius 2 is 2.33 bits per heavy atom. The average molecular weight is 268 g/mol. The molecule has 0 aromatic carbocycles. The standard InChI is InChI=1S/C11H14ClN5O/c1-2-3-17-11(18)10(12)9(6-16-17)14-5-8-4-13-7-15-8/h4,6-7,14H,2-3,5H2,1H3,(H,13,15). The molecule has 0 aliphatic carbocycles. The highest BCUT2D eigenvalue weighted by Crippen LogP contribution is 2.15. The van der Waals surface area contributed by atoms with Gasteiger partial charge in [0.25, 0.3) is 5.56 Å². The zero-order valence-corrected chi connectivity index (χ0v) is 10.7. The van der Waals surface area contributed by atoms with Gasteiger partial charge in [0.1, 0.15) is 5.02 Å². The summed E-state index contributed by atoms with van der Waals surface area (Å²) in [6.07, 6.45) is 5.70. The van der Waals surface area contributed by atoms with E-state index in [0.717, 1.165) is 12.1 Å². The first kappa shape index (κ1) is 12.6. The van der Waals surface area contributed by atoms with Crippen LogP contribution >= 0.6 is 11.6 Å². The lowest BCUT2D eigenvalue weighted by Gasteiger charge is -2.08. The molecule has 0 aliphatic heterocycles. The molecule has 2 aromatic rings. The topological polar surface area (TPSA) is 75.6 Å². The predicted octanol–water partition coefficient (Wildman–Crippen LogP) is 1.64. The molecule has 0 saturated heterocycles. The van der Waals surface area contributed by atoms with Crippen LogP contribution < -0.4 is 10.9 Å². The zero-order valence-electron chi connectivity index (χ0n) is 9.98. The second-order valence-corrected chi connectivity index (χ2v) is 4.21. The molecule has 0 radical (unpaired) electrons. The number of hydrogen-bond acceptors (Lipinski definition) is 4. The Morgan fingerprint density at radius 3 is 3.00 bits per heavy atom. The van der Waals surface area contributed by atoms with Crippen molar-refractivity contribution in [2.45, 2.75) is 26.4 Å². The number of anilines is 1. The van der Waals surface area contributed by atoms with Crippen molar-refractivity contribution in [3.05, 3.63) is 39.8 Å². The van der Waals surface area contributed by atoms with Crippen LogP contribution in [0, 0.1) is 0 Å². The number of halogens is 1. The van der Waals surface area contributed by atoms with Crippen molar-refractivity contribution in [3.63, 3.8) is 0 Å². The Bertz CT molecular complexity index is 563. The lowest BCUT2D eigenvalue weighted by Crippen LogP contribution is -2.24. The number of rotatable bonds is 5. The van der Waals surface area contributed by atoms with Gasteiger partial charge in [0.05, 0.1) is 30.5 Å². The number of aromatic nitrogens is 4. The minimum Gasteiger partial charge on any atom is -0.377 e. The molecule has 0 aliphatic rings. The van der Waals surface area contributed by atoms with Crippen molar-refractivity contribution in [1.29, 1.82) is 0 Å². The third-order valence-electron chi connectivity index (χ3n) is 2.44.